The van der Waals surface area contributed by atoms with Crippen LogP contribution < -0.4 is 5.32 Å². The van der Waals surface area contributed by atoms with Gasteiger partial charge in [0.05, 0.1) is 3.79 Å². The van der Waals surface area contributed by atoms with Crippen molar-refractivity contribution in [3.63, 3.8) is 0 Å². The number of carbonyl (C=O) groups excluding carboxylic acids is 1. The Labute approximate surface area is 133 Å². The molecule has 0 aliphatic heterocycles. The highest BCUT2D eigenvalue weighted by atomic mass is 79.9. The number of halogens is 3. The summed E-state index contributed by atoms with van der Waals surface area (Å²) in [7, 11) is 3.01. The minimum absolute atomic E-state index is 0.0132. The number of carbonyl (C=O) groups is 1. The van der Waals surface area contributed by atoms with Crippen LogP contribution in [0.3, 0.4) is 0 Å². The second kappa shape index (κ2) is 6.53. The van der Waals surface area contributed by atoms with Crippen molar-refractivity contribution < 1.29 is 13.6 Å². The molecule has 0 radical (unpaired) electrons. The van der Waals surface area contributed by atoms with Gasteiger partial charge in [-0.3, -0.25) is 4.79 Å². The van der Waals surface area contributed by atoms with Gasteiger partial charge in [0, 0.05) is 26.2 Å². The van der Waals surface area contributed by atoms with Crippen molar-refractivity contribution in [3.8, 4) is 0 Å². The van der Waals surface area contributed by atoms with Crippen LogP contribution in [-0.4, -0.2) is 24.9 Å². The van der Waals surface area contributed by atoms with Crippen LogP contribution in [0.2, 0.25) is 0 Å². The number of nitrogens with one attached hydrogen (secondary N) is 1. The molecular weight excluding hydrogens is 362 g/mol. The molecule has 0 aliphatic rings. The van der Waals surface area contributed by atoms with Crippen molar-refractivity contribution in [3.05, 3.63) is 50.1 Å². The lowest BCUT2D eigenvalue weighted by Gasteiger charge is -2.17. The summed E-state index contributed by atoms with van der Waals surface area (Å²) >= 11 is 4.86. The van der Waals surface area contributed by atoms with Gasteiger partial charge in [-0.2, -0.15) is 0 Å². The molecule has 1 aromatic carbocycles. The maximum Gasteiger partial charge on any atom is 0.254 e. The summed E-state index contributed by atoms with van der Waals surface area (Å²) in [4.78, 5) is 13.6. The standard InChI is InChI=1S/C14H13BrF2N2OS/c1-18-13-10(16)4-9(5-11(13)17)14(20)19(2)6-8-3-12(15)21-7-8/h3-5,7,18H,6H2,1-2H3. The summed E-state index contributed by atoms with van der Waals surface area (Å²) in [6.07, 6.45) is 0. The van der Waals surface area contributed by atoms with Crippen LogP contribution in [0.1, 0.15) is 15.9 Å². The SMILES string of the molecule is CNc1c(F)cc(C(=O)N(C)Cc2csc(Br)c2)cc1F. The zero-order valence-corrected chi connectivity index (χ0v) is 13.8. The third-order valence-corrected chi connectivity index (χ3v) is 4.48. The number of hydrogen-bond acceptors (Lipinski definition) is 3. The van der Waals surface area contributed by atoms with E-state index in [-0.39, 0.29) is 11.3 Å². The van der Waals surface area contributed by atoms with Crippen LogP contribution in [-0.2, 0) is 6.54 Å². The van der Waals surface area contributed by atoms with Crippen LogP contribution in [0, 0.1) is 11.6 Å². The molecule has 0 atom stereocenters. The van der Waals surface area contributed by atoms with Crippen LogP contribution in [0.4, 0.5) is 14.5 Å². The molecule has 2 rings (SSSR count). The molecule has 0 unspecified atom stereocenters. The third kappa shape index (κ3) is 3.59. The highest BCUT2D eigenvalue weighted by Crippen LogP contribution is 2.23. The molecule has 21 heavy (non-hydrogen) atoms. The summed E-state index contributed by atoms with van der Waals surface area (Å²) in [6.45, 7) is 0.373. The average molecular weight is 375 g/mol. The maximum absolute atomic E-state index is 13.7. The Morgan fingerprint density at radius 2 is 1.95 bits per heavy atom. The predicted octanol–water partition coefficient (Wildman–Crippen LogP) is 4.10. The van der Waals surface area contributed by atoms with E-state index >= 15 is 0 Å². The first-order valence-corrected chi connectivity index (χ1v) is 7.74. The Balaban J connectivity index is 2.19. The van der Waals surface area contributed by atoms with Crippen molar-refractivity contribution in [2.45, 2.75) is 6.54 Å². The molecule has 0 fully saturated rings. The van der Waals surface area contributed by atoms with E-state index in [9.17, 15) is 13.6 Å². The largest absolute Gasteiger partial charge is 0.383 e. The van der Waals surface area contributed by atoms with Gasteiger partial charge in [0.15, 0.2) is 0 Å². The van der Waals surface area contributed by atoms with E-state index in [2.05, 4.69) is 21.2 Å². The van der Waals surface area contributed by atoms with Gasteiger partial charge in [0.2, 0.25) is 0 Å². The summed E-state index contributed by atoms with van der Waals surface area (Å²) in [5.41, 5.74) is 0.701. The third-order valence-electron chi connectivity index (χ3n) is 2.93. The number of amides is 1. The van der Waals surface area contributed by atoms with Gasteiger partial charge in [-0.15, -0.1) is 11.3 Å². The fraction of sp³-hybridized carbons (Fsp3) is 0.214. The average Bonchev–Trinajstić information content (AvgIpc) is 2.82. The molecule has 3 nitrogen and oxygen atoms in total. The van der Waals surface area contributed by atoms with E-state index in [1.807, 2.05) is 11.4 Å². The highest BCUT2D eigenvalue weighted by Gasteiger charge is 2.17. The second-order valence-electron chi connectivity index (χ2n) is 4.49. The van der Waals surface area contributed by atoms with Gasteiger partial charge in [-0.25, -0.2) is 8.78 Å². The number of rotatable bonds is 4. The Hall–Kier alpha value is -1.47. The molecule has 0 spiro atoms. The van der Waals surface area contributed by atoms with Crippen molar-refractivity contribution in [2.24, 2.45) is 0 Å². The minimum atomic E-state index is -0.785. The van der Waals surface area contributed by atoms with Gasteiger partial charge in [0.25, 0.3) is 5.91 Å². The Kier molecular flexibility index (Phi) is 4.95. The van der Waals surface area contributed by atoms with Crippen LogP contribution in [0.25, 0.3) is 0 Å². The summed E-state index contributed by atoms with van der Waals surface area (Å²) in [5, 5.41) is 4.34. The summed E-state index contributed by atoms with van der Waals surface area (Å²) in [6, 6.07) is 3.98. The molecule has 1 heterocycles. The normalized spacial score (nSPS) is 10.5. The van der Waals surface area contributed by atoms with E-state index < -0.39 is 17.5 Å². The molecule has 1 aromatic heterocycles. The van der Waals surface area contributed by atoms with E-state index in [0.29, 0.717) is 6.54 Å². The first-order valence-electron chi connectivity index (χ1n) is 6.07. The van der Waals surface area contributed by atoms with Crippen LogP contribution >= 0.6 is 27.3 Å². The lowest BCUT2D eigenvalue weighted by atomic mass is 10.1. The van der Waals surface area contributed by atoms with Gasteiger partial charge in [-0.1, -0.05) is 0 Å². The monoisotopic (exact) mass is 374 g/mol. The molecule has 0 bridgehead atoms. The maximum atomic E-state index is 13.7. The topological polar surface area (TPSA) is 32.3 Å². The van der Waals surface area contributed by atoms with E-state index in [0.717, 1.165) is 21.5 Å². The zero-order chi connectivity index (χ0) is 15.6. The second-order valence-corrected chi connectivity index (χ2v) is 6.78. The molecule has 7 heteroatoms. The number of benzene rings is 1. The zero-order valence-electron chi connectivity index (χ0n) is 11.4. The molecular formula is C14H13BrF2N2OS. The number of thiophene rings is 1. The lowest BCUT2D eigenvalue weighted by Crippen LogP contribution is -2.26. The van der Waals surface area contributed by atoms with E-state index in [4.69, 9.17) is 0 Å². The summed E-state index contributed by atoms with van der Waals surface area (Å²) in [5.74, 6) is -2.00. The van der Waals surface area contributed by atoms with Crippen molar-refractivity contribution in [2.75, 3.05) is 19.4 Å². The summed E-state index contributed by atoms with van der Waals surface area (Å²) < 4.78 is 28.3. The Morgan fingerprint density at radius 3 is 2.43 bits per heavy atom. The van der Waals surface area contributed by atoms with Crippen molar-refractivity contribution in [1.29, 1.82) is 0 Å². The van der Waals surface area contributed by atoms with Gasteiger partial charge >= 0.3 is 0 Å². The Bertz CT molecular complexity index is 652. The lowest BCUT2D eigenvalue weighted by molar-refractivity contribution is 0.0784. The fourth-order valence-corrected chi connectivity index (χ4v) is 3.13. The molecule has 0 saturated heterocycles. The first kappa shape index (κ1) is 15.9. The van der Waals surface area contributed by atoms with Gasteiger partial charge in [0.1, 0.15) is 17.3 Å². The first-order chi connectivity index (χ1) is 9.92. The number of nitrogens with zero attached hydrogens (tertiary/aromatic N) is 1. The molecule has 1 N–H and O–H groups in total. The quantitative estimate of drug-likeness (QED) is 0.873. The molecule has 2 aromatic rings. The van der Waals surface area contributed by atoms with E-state index in [1.54, 1.807) is 7.05 Å². The van der Waals surface area contributed by atoms with Crippen molar-refractivity contribution >= 4 is 38.9 Å². The fourth-order valence-electron chi connectivity index (χ4n) is 1.93. The molecule has 0 saturated carbocycles. The van der Waals surface area contributed by atoms with Gasteiger partial charge in [-0.05, 0) is 45.1 Å². The molecule has 1 amide bonds. The number of hydrogen-bond donors (Lipinski definition) is 1. The number of anilines is 1. The molecule has 0 aliphatic carbocycles. The predicted molar refractivity (Wildman–Crippen MR) is 83.7 cm³/mol. The minimum Gasteiger partial charge on any atom is -0.383 e. The van der Waals surface area contributed by atoms with Crippen molar-refractivity contribution in [1.82, 2.24) is 4.90 Å². The van der Waals surface area contributed by atoms with Crippen LogP contribution in [0.5, 0.6) is 0 Å². The van der Waals surface area contributed by atoms with Crippen LogP contribution in [0.15, 0.2) is 27.4 Å². The van der Waals surface area contributed by atoms with Gasteiger partial charge < -0.3 is 10.2 Å². The van der Waals surface area contributed by atoms with E-state index in [1.165, 1.54) is 23.3 Å². The molecule has 112 valence electrons. The highest BCUT2D eigenvalue weighted by molar-refractivity contribution is 9.11. The smallest absolute Gasteiger partial charge is 0.254 e. The Morgan fingerprint density at radius 1 is 1.33 bits per heavy atom.